The van der Waals surface area contributed by atoms with Gasteiger partial charge < -0.3 is 15.3 Å². The highest BCUT2D eigenvalue weighted by atomic mass is 16.4. The van der Waals surface area contributed by atoms with Crippen LogP contribution in [-0.2, 0) is 9.59 Å². The summed E-state index contributed by atoms with van der Waals surface area (Å²) < 4.78 is 0. The fraction of sp³-hybridized carbons (Fsp3) is 0.867. The van der Waals surface area contributed by atoms with Crippen LogP contribution in [0.25, 0.3) is 0 Å². The van der Waals surface area contributed by atoms with Gasteiger partial charge in [0.25, 0.3) is 0 Å². The monoisotopic (exact) mass is 282 g/mol. The van der Waals surface area contributed by atoms with Gasteiger partial charge in [-0.3, -0.25) is 4.79 Å². The molecular formula is C15H26N2O3. The molecule has 0 aromatic heterocycles. The zero-order valence-electron chi connectivity index (χ0n) is 12.5. The number of piperidine rings is 1. The van der Waals surface area contributed by atoms with Gasteiger partial charge in [-0.05, 0) is 45.6 Å². The highest BCUT2D eigenvalue weighted by molar-refractivity contribution is 5.89. The molecule has 0 radical (unpaired) electrons. The summed E-state index contributed by atoms with van der Waals surface area (Å²) in [6, 6.07) is 0.339. The first-order valence-corrected chi connectivity index (χ1v) is 7.79. The number of nitrogens with zero attached hydrogens (tertiary/aromatic N) is 1. The van der Waals surface area contributed by atoms with Crippen LogP contribution in [0, 0.1) is 5.92 Å². The van der Waals surface area contributed by atoms with Gasteiger partial charge in [-0.15, -0.1) is 0 Å². The summed E-state index contributed by atoms with van der Waals surface area (Å²) in [5, 5.41) is 13.0. The van der Waals surface area contributed by atoms with Crippen LogP contribution in [0.1, 0.15) is 52.4 Å². The minimum Gasteiger partial charge on any atom is -0.479 e. The van der Waals surface area contributed by atoms with E-state index < -0.39 is 11.5 Å². The molecule has 1 amide bonds. The highest BCUT2D eigenvalue weighted by Crippen LogP contribution is 2.36. The number of carbonyl (C=O) groups is 2. The lowest BCUT2D eigenvalue weighted by atomic mass is 9.87. The number of hydrogen-bond acceptors (Lipinski definition) is 3. The smallest absolute Gasteiger partial charge is 0.329 e. The third kappa shape index (κ3) is 2.68. The van der Waals surface area contributed by atoms with Gasteiger partial charge in [0.15, 0.2) is 0 Å². The minimum atomic E-state index is -0.944. The molecule has 20 heavy (non-hydrogen) atoms. The zero-order chi connectivity index (χ0) is 14.8. The van der Waals surface area contributed by atoms with Crippen molar-refractivity contribution in [1.82, 2.24) is 10.2 Å². The molecule has 2 heterocycles. The van der Waals surface area contributed by atoms with Crippen LogP contribution in [0.15, 0.2) is 0 Å². The van der Waals surface area contributed by atoms with Gasteiger partial charge in [-0.2, -0.15) is 0 Å². The van der Waals surface area contributed by atoms with Crippen LogP contribution < -0.4 is 5.32 Å². The van der Waals surface area contributed by atoms with E-state index in [0.717, 1.165) is 32.2 Å². The highest BCUT2D eigenvalue weighted by Gasteiger charge is 2.50. The molecule has 2 fully saturated rings. The Morgan fingerprint density at radius 3 is 2.80 bits per heavy atom. The molecule has 0 saturated carbocycles. The van der Waals surface area contributed by atoms with Crippen molar-refractivity contribution >= 4 is 11.9 Å². The lowest BCUT2D eigenvalue weighted by Crippen LogP contribution is -2.55. The molecule has 5 nitrogen and oxygen atoms in total. The van der Waals surface area contributed by atoms with E-state index in [1.807, 2.05) is 6.92 Å². The third-order valence-electron chi connectivity index (χ3n) is 4.79. The number of hydrogen-bond donors (Lipinski definition) is 2. The Labute approximate surface area is 120 Å². The zero-order valence-corrected chi connectivity index (χ0v) is 12.5. The van der Waals surface area contributed by atoms with Crippen molar-refractivity contribution in [2.24, 2.45) is 5.92 Å². The molecular weight excluding hydrogens is 256 g/mol. The maximum atomic E-state index is 12.8. The molecule has 3 unspecified atom stereocenters. The van der Waals surface area contributed by atoms with Gasteiger partial charge in [-0.25, -0.2) is 4.79 Å². The SMILES string of the molecule is CCCC1(C(=O)O)CCCN1C(=O)C1CCNC(C)C1. The Morgan fingerprint density at radius 2 is 2.20 bits per heavy atom. The minimum absolute atomic E-state index is 0.0140. The first-order chi connectivity index (χ1) is 9.51. The molecule has 0 aromatic carbocycles. The largest absolute Gasteiger partial charge is 0.479 e. The molecule has 0 spiro atoms. The van der Waals surface area contributed by atoms with Gasteiger partial charge in [0, 0.05) is 18.5 Å². The second-order valence-electron chi connectivity index (χ2n) is 6.26. The molecule has 2 aliphatic rings. The van der Waals surface area contributed by atoms with Crippen LogP contribution in [0.4, 0.5) is 0 Å². The molecule has 3 atom stereocenters. The van der Waals surface area contributed by atoms with Crippen molar-refractivity contribution < 1.29 is 14.7 Å². The van der Waals surface area contributed by atoms with E-state index in [-0.39, 0.29) is 11.8 Å². The molecule has 0 aromatic rings. The maximum Gasteiger partial charge on any atom is 0.329 e. The molecule has 2 rings (SSSR count). The van der Waals surface area contributed by atoms with E-state index in [1.165, 1.54) is 0 Å². The van der Waals surface area contributed by atoms with E-state index >= 15 is 0 Å². The number of nitrogens with one attached hydrogen (secondary N) is 1. The first-order valence-electron chi connectivity index (χ1n) is 7.79. The van der Waals surface area contributed by atoms with E-state index in [4.69, 9.17) is 0 Å². The van der Waals surface area contributed by atoms with Gasteiger partial charge in [-0.1, -0.05) is 13.3 Å². The second-order valence-corrected chi connectivity index (χ2v) is 6.26. The standard InChI is InChI=1S/C15H26N2O3/c1-3-6-15(14(19)20)7-4-9-17(15)13(18)12-5-8-16-11(2)10-12/h11-12,16H,3-10H2,1-2H3,(H,19,20). The Balaban J connectivity index is 2.16. The number of carbonyl (C=O) groups excluding carboxylic acids is 1. The summed E-state index contributed by atoms with van der Waals surface area (Å²) in [5.74, 6) is -0.779. The quantitative estimate of drug-likeness (QED) is 0.822. The Bertz CT molecular complexity index is 385. The second kappa shape index (κ2) is 6.12. The number of carboxylic acids is 1. The van der Waals surface area contributed by atoms with E-state index in [0.29, 0.717) is 25.4 Å². The van der Waals surface area contributed by atoms with Crippen molar-refractivity contribution in [3.05, 3.63) is 0 Å². The third-order valence-corrected chi connectivity index (χ3v) is 4.79. The van der Waals surface area contributed by atoms with Crippen LogP contribution in [0.3, 0.4) is 0 Å². The number of amides is 1. The lowest BCUT2D eigenvalue weighted by Gasteiger charge is -2.38. The summed E-state index contributed by atoms with van der Waals surface area (Å²) >= 11 is 0. The summed E-state index contributed by atoms with van der Waals surface area (Å²) in [5.41, 5.74) is -0.944. The topological polar surface area (TPSA) is 69.6 Å². The predicted molar refractivity (Wildman–Crippen MR) is 76.4 cm³/mol. The average molecular weight is 282 g/mol. The number of carboxylic acid groups (broad SMARTS) is 1. The van der Waals surface area contributed by atoms with Gasteiger partial charge in [0.05, 0.1) is 0 Å². The molecule has 5 heteroatoms. The summed E-state index contributed by atoms with van der Waals surface area (Å²) in [6.07, 6.45) is 4.40. The Kier molecular flexibility index (Phi) is 4.68. The lowest BCUT2D eigenvalue weighted by molar-refractivity contribution is -0.159. The fourth-order valence-corrected chi connectivity index (χ4v) is 3.78. The van der Waals surface area contributed by atoms with Crippen LogP contribution in [0.5, 0.6) is 0 Å². The number of aliphatic carboxylic acids is 1. The molecule has 2 aliphatic heterocycles. The van der Waals surface area contributed by atoms with Crippen molar-refractivity contribution in [2.45, 2.75) is 64.0 Å². The van der Waals surface area contributed by atoms with Crippen LogP contribution in [-0.4, -0.2) is 46.6 Å². The first kappa shape index (κ1) is 15.3. The number of rotatable bonds is 4. The molecule has 2 N–H and O–H groups in total. The van der Waals surface area contributed by atoms with Crippen molar-refractivity contribution in [3.63, 3.8) is 0 Å². The Morgan fingerprint density at radius 1 is 1.45 bits per heavy atom. The average Bonchev–Trinajstić information content (AvgIpc) is 2.83. The molecule has 0 bridgehead atoms. The van der Waals surface area contributed by atoms with E-state index in [1.54, 1.807) is 4.90 Å². The van der Waals surface area contributed by atoms with E-state index in [2.05, 4.69) is 12.2 Å². The predicted octanol–water partition coefficient (Wildman–Crippen LogP) is 1.62. The van der Waals surface area contributed by atoms with Crippen molar-refractivity contribution in [2.75, 3.05) is 13.1 Å². The Hall–Kier alpha value is -1.10. The molecule has 114 valence electrons. The molecule has 2 saturated heterocycles. The van der Waals surface area contributed by atoms with E-state index in [9.17, 15) is 14.7 Å². The van der Waals surface area contributed by atoms with Crippen LogP contribution in [0.2, 0.25) is 0 Å². The summed E-state index contributed by atoms with van der Waals surface area (Å²) in [6.45, 7) is 5.51. The molecule has 0 aliphatic carbocycles. The summed E-state index contributed by atoms with van der Waals surface area (Å²) in [7, 11) is 0. The normalized spacial score (nSPS) is 34.2. The fourth-order valence-electron chi connectivity index (χ4n) is 3.78. The van der Waals surface area contributed by atoms with Gasteiger partial charge in [0.2, 0.25) is 5.91 Å². The van der Waals surface area contributed by atoms with Crippen molar-refractivity contribution in [3.8, 4) is 0 Å². The van der Waals surface area contributed by atoms with Crippen molar-refractivity contribution in [1.29, 1.82) is 0 Å². The number of likely N-dealkylation sites (tertiary alicyclic amines) is 1. The van der Waals surface area contributed by atoms with Gasteiger partial charge >= 0.3 is 5.97 Å². The van der Waals surface area contributed by atoms with Crippen LogP contribution >= 0.6 is 0 Å². The maximum absolute atomic E-state index is 12.8. The van der Waals surface area contributed by atoms with Gasteiger partial charge in [0.1, 0.15) is 5.54 Å². The summed E-state index contributed by atoms with van der Waals surface area (Å²) in [4.78, 5) is 26.2.